The smallest absolute Gasteiger partial charge is 0.426 e. The van der Waals surface area contributed by atoms with Crippen LogP contribution in [-0.2, 0) is 67.3 Å². The zero-order chi connectivity index (χ0) is 58.2. The third-order valence-corrected chi connectivity index (χ3v) is 13.3. The fourth-order valence-corrected chi connectivity index (χ4v) is 8.93. The topological polar surface area (TPSA) is 444 Å². The SMILES string of the molecule is C[C@@H](Cc1ccc(O)cc1)C[C@H](C)C(=O)NNC(=O)OCCSSC[C@@H](NC(=O)[C@@H](CC(=O)O)NC(=O)[C@@H](CC(=O)O)NC(=O)Cc1ccc(CNC(=O)NCCCCCNC(=O)N[C@@H](CCC(=O)O)C(=O)O)cc1)C(=O)O. The molecule has 0 saturated carbocycles. The Kier molecular flexibility index (Phi) is 30.6. The molecule has 30 heteroatoms. The summed E-state index contributed by atoms with van der Waals surface area (Å²) < 4.78 is 5.02. The van der Waals surface area contributed by atoms with Crippen molar-refractivity contribution in [3.05, 3.63) is 65.2 Å². The summed E-state index contributed by atoms with van der Waals surface area (Å²) in [6.45, 7) is 4.09. The maximum atomic E-state index is 13.3. The highest BCUT2D eigenvalue weighted by molar-refractivity contribution is 8.76. The maximum absolute atomic E-state index is 13.3. The lowest BCUT2D eigenvalue weighted by Crippen LogP contribution is -2.57. The van der Waals surface area contributed by atoms with E-state index in [1.165, 1.54) is 0 Å². The van der Waals surface area contributed by atoms with Crippen molar-refractivity contribution >= 4 is 93.2 Å². The molecule has 0 unspecified atom stereocenters. The number of amides is 9. The van der Waals surface area contributed by atoms with Crippen LogP contribution in [0, 0.1) is 11.8 Å². The highest BCUT2D eigenvalue weighted by Gasteiger charge is 2.32. The number of carbonyl (C=O) groups is 12. The lowest BCUT2D eigenvalue weighted by molar-refractivity contribution is -0.144. The van der Waals surface area contributed by atoms with Crippen LogP contribution in [0.15, 0.2) is 48.5 Å². The van der Waals surface area contributed by atoms with Crippen molar-refractivity contribution in [3.63, 3.8) is 0 Å². The lowest BCUT2D eigenvalue weighted by Gasteiger charge is -2.23. The number of phenolic OH excluding ortho intramolecular Hbond substituents is 1. The van der Waals surface area contributed by atoms with Gasteiger partial charge in [-0.25, -0.2) is 29.4 Å². The summed E-state index contributed by atoms with van der Waals surface area (Å²) in [5.41, 5.74) is 6.48. The second-order valence-corrected chi connectivity index (χ2v) is 20.3. The molecule has 6 atom stereocenters. The van der Waals surface area contributed by atoms with Gasteiger partial charge in [0.2, 0.25) is 23.6 Å². The van der Waals surface area contributed by atoms with Crippen LogP contribution in [-0.4, -0.2) is 158 Å². The van der Waals surface area contributed by atoms with Gasteiger partial charge in [0.1, 0.15) is 36.5 Å². The Balaban J connectivity index is 1.76. The minimum absolute atomic E-state index is 0.0887. The monoisotopic (exact) mass is 1140 g/mol. The van der Waals surface area contributed by atoms with Crippen LogP contribution in [0.4, 0.5) is 14.4 Å². The molecule has 0 aliphatic heterocycles. The summed E-state index contributed by atoms with van der Waals surface area (Å²) in [6.07, 6.45) is -1.21. The van der Waals surface area contributed by atoms with Crippen LogP contribution in [0.25, 0.3) is 0 Å². The van der Waals surface area contributed by atoms with E-state index < -0.39 is 121 Å². The van der Waals surface area contributed by atoms with E-state index in [1.807, 2.05) is 6.92 Å². The molecule has 0 aliphatic carbocycles. The third kappa shape index (κ3) is 29.3. The zero-order valence-corrected chi connectivity index (χ0v) is 44.3. The van der Waals surface area contributed by atoms with Gasteiger partial charge in [-0.1, -0.05) is 71.8 Å². The molecule has 2 rings (SSSR count). The van der Waals surface area contributed by atoms with Crippen molar-refractivity contribution in [2.75, 3.05) is 31.2 Å². The van der Waals surface area contributed by atoms with Crippen molar-refractivity contribution in [1.29, 1.82) is 0 Å². The van der Waals surface area contributed by atoms with E-state index >= 15 is 0 Å². The van der Waals surface area contributed by atoms with Crippen LogP contribution in [0.3, 0.4) is 0 Å². The molecule has 0 aromatic heterocycles. The fraction of sp³-hybridized carbons (Fsp3) is 0.500. The molecule has 0 heterocycles. The number of carboxylic acid groups (broad SMARTS) is 5. The molecule has 9 amide bonds. The number of hydrogen-bond donors (Lipinski definition) is 15. The number of unbranched alkanes of at least 4 members (excludes halogenated alkanes) is 2. The van der Waals surface area contributed by atoms with Crippen LogP contribution in [0.2, 0.25) is 0 Å². The first-order chi connectivity index (χ1) is 36.9. The number of aliphatic carboxylic acids is 5. The Hall–Kier alpha value is -8.02. The average Bonchev–Trinajstić information content (AvgIpc) is 3.36. The number of phenols is 1. The largest absolute Gasteiger partial charge is 0.508 e. The van der Waals surface area contributed by atoms with Gasteiger partial charge in [0.05, 0.1) is 19.3 Å². The predicted octanol–water partition coefficient (Wildman–Crippen LogP) is 1.05. The van der Waals surface area contributed by atoms with Crippen molar-refractivity contribution in [3.8, 4) is 5.75 Å². The van der Waals surface area contributed by atoms with Gasteiger partial charge >= 0.3 is 48.0 Å². The zero-order valence-electron chi connectivity index (χ0n) is 42.7. The van der Waals surface area contributed by atoms with Gasteiger partial charge in [0.25, 0.3) is 0 Å². The van der Waals surface area contributed by atoms with E-state index in [1.54, 1.807) is 55.5 Å². The van der Waals surface area contributed by atoms with Gasteiger partial charge in [0.15, 0.2) is 0 Å². The molecule has 78 heavy (non-hydrogen) atoms. The summed E-state index contributed by atoms with van der Waals surface area (Å²) in [7, 11) is 2.00. The fourth-order valence-electron chi connectivity index (χ4n) is 6.95. The number of benzene rings is 2. The van der Waals surface area contributed by atoms with Gasteiger partial charge < -0.3 is 72.6 Å². The van der Waals surface area contributed by atoms with Crippen molar-refractivity contribution < 1.29 is 92.9 Å². The number of ether oxygens (including phenoxy) is 1. The standard InChI is InChI=1S/C48H67N9O19S2/c1-27(21-29-10-12-32(58)13-11-29)20-28(2)41(66)56-57-48(75)76-18-19-77-78-26-36(45(71)72)54-43(68)35(24-40(64)65)53-42(67)34(23-39(62)63)52-37(59)22-30-6-8-31(9-7-30)25-51-46(73)49-16-4-3-5-17-50-47(74)55-33(44(69)70)14-15-38(60)61/h6-13,27-28,33-36,58H,3-5,14-26H2,1-2H3,(H,52,59)(H,53,67)(H,54,68)(H,56,66)(H,57,75)(H,60,61)(H,62,63)(H,64,65)(H,69,70)(H,71,72)(H2,49,51,73)(H2,50,55,74)/t27-,28+,33+,34-,35-,36-/m1/s1. The number of aromatic hydroxyl groups is 1. The first kappa shape index (κ1) is 66.1. The molecule has 0 fully saturated rings. The normalized spacial score (nSPS) is 13.0. The predicted molar refractivity (Wildman–Crippen MR) is 279 cm³/mol. The summed E-state index contributed by atoms with van der Waals surface area (Å²) >= 11 is 0. The molecule has 0 aliphatic rings. The number of nitrogens with one attached hydrogen (secondary N) is 9. The molecular weight excluding hydrogens is 1070 g/mol. The minimum Gasteiger partial charge on any atom is -0.508 e. The van der Waals surface area contributed by atoms with Gasteiger partial charge in [-0.15, -0.1) is 0 Å². The van der Waals surface area contributed by atoms with E-state index in [9.17, 15) is 78.0 Å². The van der Waals surface area contributed by atoms with Crippen LogP contribution >= 0.6 is 21.6 Å². The summed E-state index contributed by atoms with van der Waals surface area (Å²) in [5.74, 6) is -11.3. The van der Waals surface area contributed by atoms with E-state index in [-0.39, 0.29) is 55.7 Å². The molecule has 15 N–H and O–H groups in total. The molecular formula is C48H67N9O19S2. The Morgan fingerprint density at radius 1 is 0.564 bits per heavy atom. The van der Waals surface area contributed by atoms with Crippen molar-refractivity contribution in [1.82, 2.24) is 48.1 Å². The van der Waals surface area contributed by atoms with Gasteiger partial charge in [-0.2, -0.15) is 0 Å². The van der Waals surface area contributed by atoms with Gasteiger partial charge in [-0.3, -0.25) is 39.0 Å². The van der Waals surface area contributed by atoms with Gasteiger partial charge in [0, 0.05) is 43.5 Å². The number of carbonyl (C=O) groups excluding carboxylic acids is 7. The Labute approximate surface area is 455 Å². The lowest BCUT2D eigenvalue weighted by atomic mass is 9.91. The number of rotatable bonds is 36. The number of carboxylic acids is 5. The second-order valence-electron chi connectivity index (χ2n) is 17.6. The molecule has 0 saturated heterocycles. The van der Waals surface area contributed by atoms with Crippen molar-refractivity contribution in [2.45, 2.75) is 109 Å². The quantitative estimate of drug-likeness (QED) is 0.0258. The third-order valence-electron chi connectivity index (χ3n) is 10.9. The molecule has 2 aromatic rings. The van der Waals surface area contributed by atoms with Gasteiger partial charge in [-0.05, 0) is 73.3 Å². The van der Waals surface area contributed by atoms with Crippen LogP contribution in [0.1, 0.15) is 81.9 Å². The minimum atomic E-state index is -1.91. The second kappa shape index (κ2) is 36.1. The molecule has 0 spiro atoms. The number of hydrazine groups is 1. The molecule has 28 nitrogen and oxygen atoms in total. The first-order valence-electron chi connectivity index (χ1n) is 24.3. The van der Waals surface area contributed by atoms with Crippen LogP contribution < -0.4 is 48.1 Å². The summed E-state index contributed by atoms with van der Waals surface area (Å²) in [4.78, 5) is 146. The van der Waals surface area contributed by atoms with Crippen molar-refractivity contribution in [2.24, 2.45) is 11.8 Å². The van der Waals surface area contributed by atoms with E-state index in [4.69, 9.17) is 14.9 Å². The first-order valence-corrected chi connectivity index (χ1v) is 26.8. The summed E-state index contributed by atoms with van der Waals surface area (Å²) in [6, 6.07) is 5.10. The molecule has 0 bridgehead atoms. The van der Waals surface area contributed by atoms with E-state index in [2.05, 4.69) is 48.1 Å². The van der Waals surface area contributed by atoms with E-state index in [0.29, 0.717) is 49.8 Å². The van der Waals surface area contributed by atoms with E-state index in [0.717, 1.165) is 27.2 Å². The molecule has 2 aromatic carbocycles. The summed E-state index contributed by atoms with van der Waals surface area (Å²) in [5, 5.41) is 72.6. The maximum Gasteiger partial charge on any atom is 0.426 e. The Bertz CT molecular complexity index is 2370. The number of urea groups is 2. The average molecular weight is 1140 g/mol. The highest BCUT2D eigenvalue weighted by atomic mass is 33.1. The van der Waals surface area contributed by atoms with Crippen LogP contribution in [0.5, 0.6) is 5.75 Å². The molecule has 430 valence electrons. The molecule has 0 radical (unpaired) electrons. The Morgan fingerprint density at radius 3 is 1.69 bits per heavy atom. The number of hydrogen-bond acceptors (Lipinski definition) is 16. The highest BCUT2D eigenvalue weighted by Crippen LogP contribution is 2.22. The Morgan fingerprint density at radius 2 is 1.12 bits per heavy atom.